The molecule has 1 aromatic heterocycles. The number of nitrogens with zero attached hydrogens (tertiary/aromatic N) is 2. The minimum atomic E-state index is 0.546. The molecule has 120 valence electrons. The molecule has 0 atom stereocenters. The zero-order valence-electron chi connectivity index (χ0n) is 14.3. The Kier molecular flexibility index (Phi) is 5.67. The molecule has 21 heavy (non-hydrogen) atoms. The van der Waals surface area contributed by atoms with Crippen LogP contribution in [0.4, 0.5) is 5.13 Å². The molecule has 3 nitrogen and oxygen atoms in total. The largest absolute Gasteiger partial charge is 0.348 e. The lowest BCUT2D eigenvalue weighted by atomic mass is 9.78. The van der Waals surface area contributed by atoms with Crippen LogP contribution in [0.1, 0.15) is 57.5 Å². The van der Waals surface area contributed by atoms with E-state index in [1.807, 2.05) is 11.3 Å². The van der Waals surface area contributed by atoms with E-state index in [2.05, 4.69) is 44.8 Å². The summed E-state index contributed by atoms with van der Waals surface area (Å²) in [4.78, 5) is 8.69. The highest BCUT2D eigenvalue weighted by Gasteiger charge is 2.29. The molecule has 0 amide bonds. The first-order chi connectivity index (χ1) is 9.93. The van der Waals surface area contributed by atoms with Crippen LogP contribution in [0.5, 0.6) is 0 Å². The van der Waals surface area contributed by atoms with Crippen LogP contribution in [0.2, 0.25) is 0 Å². The van der Waals surface area contributed by atoms with Crippen molar-refractivity contribution in [2.24, 2.45) is 11.3 Å². The number of thiazole rings is 1. The molecule has 1 N–H and O–H groups in total. The standard InChI is InChI=1S/C17H31N3S/c1-6-17(5)7-9-20(10-8-17)16-19-14(4)15(21-16)12-18-11-13(2)3/h13,18H,6-12H2,1-5H3. The molecule has 1 fully saturated rings. The lowest BCUT2D eigenvalue weighted by Crippen LogP contribution is -2.38. The zero-order valence-corrected chi connectivity index (χ0v) is 15.1. The molecule has 2 heterocycles. The van der Waals surface area contributed by atoms with Gasteiger partial charge < -0.3 is 10.2 Å². The normalized spacial score (nSPS) is 18.5. The Hall–Kier alpha value is -0.610. The first-order valence-corrected chi connectivity index (χ1v) is 9.17. The van der Waals surface area contributed by atoms with Gasteiger partial charge in [-0.3, -0.25) is 0 Å². The van der Waals surface area contributed by atoms with Crippen LogP contribution in [0.15, 0.2) is 0 Å². The van der Waals surface area contributed by atoms with E-state index in [-0.39, 0.29) is 0 Å². The van der Waals surface area contributed by atoms with E-state index < -0.39 is 0 Å². The highest BCUT2D eigenvalue weighted by Crippen LogP contribution is 2.37. The van der Waals surface area contributed by atoms with Crippen molar-refractivity contribution in [3.05, 3.63) is 10.6 Å². The van der Waals surface area contributed by atoms with Crippen LogP contribution in [0.25, 0.3) is 0 Å². The molecule has 2 rings (SSSR count). The Balaban J connectivity index is 1.93. The Morgan fingerprint density at radius 2 is 2.00 bits per heavy atom. The van der Waals surface area contributed by atoms with Crippen molar-refractivity contribution in [2.75, 3.05) is 24.5 Å². The Labute approximate surface area is 134 Å². The molecule has 0 aliphatic carbocycles. The van der Waals surface area contributed by atoms with E-state index in [0.29, 0.717) is 11.3 Å². The minimum Gasteiger partial charge on any atom is -0.348 e. The fourth-order valence-corrected chi connectivity index (χ4v) is 3.86. The Morgan fingerprint density at radius 1 is 1.33 bits per heavy atom. The highest BCUT2D eigenvalue weighted by atomic mass is 32.1. The lowest BCUT2D eigenvalue weighted by Gasteiger charge is -2.38. The van der Waals surface area contributed by atoms with E-state index >= 15 is 0 Å². The van der Waals surface area contributed by atoms with Gasteiger partial charge in [-0.15, -0.1) is 11.3 Å². The topological polar surface area (TPSA) is 28.2 Å². The van der Waals surface area contributed by atoms with Crippen molar-refractivity contribution in [1.82, 2.24) is 10.3 Å². The molecule has 0 saturated carbocycles. The number of aromatic nitrogens is 1. The highest BCUT2D eigenvalue weighted by molar-refractivity contribution is 7.15. The van der Waals surface area contributed by atoms with Gasteiger partial charge >= 0.3 is 0 Å². The summed E-state index contributed by atoms with van der Waals surface area (Å²) in [6, 6.07) is 0. The molecule has 0 spiro atoms. The predicted molar refractivity (Wildman–Crippen MR) is 93.2 cm³/mol. The minimum absolute atomic E-state index is 0.546. The third kappa shape index (κ3) is 4.43. The fourth-order valence-electron chi connectivity index (χ4n) is 2.78. The van der Waals surface area contributed by atoms with Crippen LogP contribution in [-0.2, 0) is 6.54 Å². The predicted octanol–water partition coefficient (Wildman–Crippen LogP) is 4.21. The summed E-state index contributed by atoms with van der Waals surface area (Å²) in [5.41, 5.74) is 1.75. The van der Waals surface area contributed by atoms with E-state index in [0.717, 1.165) is 26.2 Å². The second kappa shape index (κ2) is 7.10. The summed E-state index contributed by atoms with van der Waals surface area (Å²) in [5, 5.41) is 4.76. The summed E-state index contributed by atoms with van der Waals surface area (Å²) in [6.45, 7) is 15.7. The van der Waals surface area contributed by atoms with Gasteiger partial charge in [-0.2, -0.15) is 0 Å². The summed E-state index contributed by atoms with van der Waals surface area (Å²) in [5.74, 6) is 0.700. The van der Waals surface area contributed by atoms with Gasteiger partial charge in [0.05, 0.1) is 5.69 Å². The maximum atomic E-state index is 4.81. The van der Waals surface area contributed by atoms with E-state index in [1.165, 1.54) is 35.0 Å². The van der Waals surface area contributed by atoms with Gasteiger partial charge in [0.25, 0.3) is 0 Å². The Morgan fingerprint density at radius 3 is 2.57 bits per heavy atom. The SMILES string of the molecule is CCC1(C)CCN(c2nc(C)c(CNCC(C)C)s2)CC1. The molecule has 0 radical (unpaired) electrons. The molecule has 0 bridgehead atoms. The zero-order chi connectivity index (χ0) is 15.5. The maximum absolute atomic E-state index is 4.81. The van der Waals surface area contributed by atoms with Crippen molar-refractivity contribution in [3.63, 3.8) is 0 Å². The van der Waals surface area contributed by atoms with Gasteiger partial charge in [-0.1, -0.05) is 34.1 Å². The van der Waals surface area contributed by atoms with Crippen molar-refractivity contribution >= 4 is 16.5 Å². The van der Waals surface area contributed by atoms with Crippen molar-refractivity contribution in [3.8, 4) is 0 Å². The van der Waals surface area contributed by atoms with Crippen LogP contribution >= 0.6 is 11.3 Å². The van der Waals surface area contributed by atoms with Gasteiger partial charge in [0.15, 0.2) is 5.13 Å². The molecule has 1 aromatic rings. The molecule has 0 unspecified atom stereocenters. The van der Waals surface area contributed by atoms with Crippen LogP contribution in [0, 0.1) is 18.3 Å². The van der Waals surface area contributed by atoms with Crippen LogP contribution in [-0.4, -0.2) is 24.6 Å². The molecule has 1 aliphatic rings. The average Bonchev–Trinajstić information content (AvgIpc) is 2.81. The molecule has 1 aliphatic heterocycles. The fraction of sp³-hybridized carbons (Fsp3) is 0.824. The Bertz CT molecular complexity index is 445. The molecular formula is C17H31N3S. The number of nitrogens with one attached hydrogen (secondary N) is 1. The van der Waals surface area contributed by atoms with E-state index in [1.54, 1.807) is 0 Å². The summed E-state index contributed by atoms with van der Waals surface area (Å²) in [7, 11) is 0. The van der Waals surface area contributed by atoms with Crippen LogP contribution < -0.4 is 10.2 Å². The third-order valence-corrected chi connectivity index (χ3v) is 6.03. The van der Waals surface area contributed by atoms with Crippen molar-refractivity contribution < 1.29 is 0 Å². The third-order valence-electron chi connectivity index (χ3n) is 4.81. The number of aryl methyl sites for hydroxylation is 1. The van der Waals surface area contributed by atoms with Gasteiger partial charge in [0.1, 0.15) is 0 Å². The van der Waals surface area contributed by atoms with Crippen molar-refractivity contribution in [1.29, 1.82) is 0 Å². The summed E-state index contributed by atoms with van der Waals surface area (Å²) >= 11 is 1.88. The van der Waals surface area contributed by atoms with Gasteiger partial charge in [-0.25, -0.2) is 4.98 Å². The average molecular weight is 310 g/mol. The number of hydrogen-bond acceptors (Lipinski definition) is 4. The number of anilines is 1. The first kappa shape index (κ1) is 16.8. The summed E-state index contributed by atoms with van der Waals surface area (Å²) < 4.78 is 0. The lowest BCUT2D eigenvalue weighted by molar-refractivity contribution is 0.238. The molecular weight excluding hydrogens is 278 g/mol. The van der Waals surface area contributed by atoms with Gasteiger partial charge in [0.2, 0.25) is 0 Å². The number of piperidine rings is 1. The maximum Gasteiger partial charge on any atom is 0.185 e. The van der Waals surface area contributed by atoms with E-state index in [4.69, 9.17) is 4.98 Å². The number of hydrogen-bond donors (Lipinski definition) is 1. The monoisotopic (exact) mass is 309 g/mol. The smallest absolute Gasteiger partial charge is 0.185 e. The first-order valence-electron chi connectivity index (χ1n) is 8.35. The van der Waals surface area contributed by atoms with Gasteiger partial charge in [-0.05, 0) is 37.6 Å². The van der Waals surface area contributed by atoms with Gasteiger partial charge in [0, 0.05) is 24.5 Å². The second-order valence-electron chi connectivity index (χ2n) is 7.18. The second-order valence-corrected chi connectivity index (χ2v) is 8.24. The van der Waals surface area contributed by atoms with Crippen molar-refractivity contribution in [2.45, 2.75) is 60.4 Å². The molecule has 4 heteroatoms. The van der Waals surface area contributed by atoms with E-state index in [9.17, 15) is 0 Å². The quantitative estimate of drug-likeness (QED) is 0.853. The van der Waals surface area contributed by atoms with Crippen LogP contribution in [0.3, 0.4) is 0 Å². The molecule has 1 saturated heterocycles. The molecule has 0 aromatic carbocycles. The summed E-state index contributed by atoms with van der Waals surface area (Å²) in [6.07, 6.45) is 3.88. The number of rotatable bonds is 6.